The van der Waals surface area contributed by atoms with Crippen molar-refractivity contribution in [3.8, 4) is 11.5 Å². The molecule has 1 aromatic rings. The van der Waals surface area contributed by atoms with Crippen molar-refractivity contribution in [1.82, 2.24) is 5.32 Å². The highest BCUT2D eigenvalue weighted by atomic mass is 16.6. The average Bonchev–Trinajstić information content (AvgIpc) is 2.98. The summed E-state index contributed by atoms with van der Waals surface area (Å²) >= 11 is 0. The lowest BCUT2D eigenvalue weighted by Crippen LogP contribution is -2.52. The summed E-state index contributed by atoms with van der Waals surface area (Å²) in [6.07, 6.45) is 1.15. The smallest absolute Gasteiger partial charge is 0.161 e. The Morgan fingerprint density at radius 3 is 2.84 bits per heavy atom. The lowest BCUT2D eigenvalue weighted by Gasteiger charge is -2.35. The third-order valence-corrected chi connectivity index (χ3v) is 3.84. The Morgan fingerprint density at radius 2 is 2.11 bits per heavy atom. The summed E-state index contributed by atoms with van der Waals surface area (Å²) in [7, 11) is 0. The molecule has 0 bridgehead atoms. The van der Waals surface area contributed by atoms with Gasteiger partial charge in [-0.05, 0) is 25.1 Å². The van der Waals surface area contributed by atoms with E-state index in [1.807, 2.05) is 24.3 Å². The van der Waals surface area contributed by atoms with Gasteiger partial charge in [0, 0.05) is 12.5 Å². The van der Waals surface area contributed by atoms with E-state index in [4.69, 9.17) is 14.2 Å². The molecule has 4 nitrogen and oxygen atoms in total. The van der Waals surface area contributed by atoms with Crippen molar-refractivity contribution in [2.75, 3.05) is 26.4 Å². The molecule has 104 valence electrons. The molecule has 4 heteroatoms. The number of likely N-dealkylation sites (N-methyl/N-ethyl adjacent to an activating group) is 1. The second-order valence-corrected chi connectivity index (χ2v) is 5.12. The molecule has 0 aromatic heterocycles. The Labute approximate surface area is 114 Å². The zero-order chi connectivity index (χ0) is 13.1. The van der Waals surface area contributed by atoms with Gasteiger partial charge in [0.2, 0.25) is 0 Å². The number of para-hydroxylation sites is 2. The third-order valence-electron chi connectivity index (χ3n) is 3.84. The van der Waals surface area contributed by atoms with Gasteiger partial charge in [0.15, 0.2) is 11.5 Å². The topological polar surface area (TPSA) is 39.7 Å². The van der Waals surface area contributed by atoms with Crippen molar-refractivity contribution < 1.29 is 14.2 Å². The molecule has 1 saturated heterocycles. The van der Waals surface area contributed by atoms with Crippen LogP contribution in [0.1, 0.15) is 13.3 Å². The van der Waals surface area contributed by atoms with E-state index in [2.05, 4.69) is 12.2 Å². The number of rotatable bonds is 4. The van der Waals surface area contributed by atoms with Gasteiger partial charge in [0.05, 0.1) is 12.6 Å². The highest BCUT2D eigenvalue weighted by Gasteiger charge is 2.35. The lowest BCUT2D eigenvalue weighted by molar-refractivity contribution is 0.0412. The molecule has 0 saturated carbocycles. The molecule has 3 atom stereocenters. The quantitative estimate of drug-likeness (QED) is 0.900. The minimum atomic E-state index is 0.0570. The minimum absolute atomic E-state index is 0.0570. The lowest BCUT2D eigenvalue weighted by atomic mass is 9.94. The molecule has 1 fully saturated rings. The first kappa shape index (κ1) is 12.8. The summed E-state index contributed by atoms with van der Waals surface area (Å²) in [5, 5.41) is 3.54. The summed E-state index contributed by atoms with van der Waals surface area (Å²) in [5.41, 5.74) is 0. The van der Waals surface area contributed by atoms with E-state index in [1.54, 1.807) is 0 Å². The van der Waals surface area contributed by atoms with Crippen LogP contribution in [-0.4, -0.2) is 38.5 Å². The number of nitrogens with one attached hydrogen (secondary N) is 1. The number of hydrogen-bond acceptors (Lipinski definition) is 4. The second-order valence-electron chi connectivity index (χ2n) is 5.12. The summed E-state index contributed by atoms with van der Waals surface area (Å²) in [4.78, 5) is 0. The molecule has 3 unspecified atom stereocenters. The number of benzene rings is 1. The van der Waals surface area contributed by atoms with Crippen molar-refractivity contribution in [1.29, 1.82) is 0 Å². The molecule has 2 heterocycles. The zero-order valence-electron chi connectivity index (χ0n) is 11.3. The summed E-state index contributed by atoms with van der Waals surface area (Å²) in [6, 6.07) is 8.16. The van der Waals surface area contributed by atoms with Crippen molar-refractivity contribution in [3.05, 3.63) is 24.3 Å². The first-order valence-corrected chi connectivity index (χ1v) is 7.08. The molecule has 2 aliphatic heterocycles. The zero-order valence-corrected chi connectivity index (χ0v) is 11.3. The standard InChI is InChI=1S/C15H21NO3/c1-2-16-15(11-7-8-17-9-11)14-10-18-12-5-3-4-6-13(12)19-14/h3-6,11,14-16H,2,7-10H2,1H3. The number of hydrogen-bond donors (Lipinski definition) is 1. The Morgan fingerprint density at radius 1 is 1.26 bits per heavy atom. The number of fused-ring (bicyclic) bond motifs is 1. The van der Waals surface area contributed by atoms with Gasteiger partial charge in [-0.15, -0.1) is 0 Å². The van der Waals surface area contributed by atoms with Gasteiger partial charge in [-0.25, -0.2) is 0 Å². The van der Waals surface area contributed by atoms with Crippen LogP contribution in [0.15, 0.2) is 24.3 Å². The molecule has 0 radical (unpaired) electrons. The Bertz CT molecular complexity index is 418. The highest BCUT2D eigenvalue weighted by Crippen LogP contribution is 2.33. The Balaban J connectivity index is 1.73. The Kier molecular flexibility index (Phi) is 3.89. The van der Waals surface area contributed by atoms with E-state index < -0.39 is 0 Å². The maximum absolute atomic E-state index is 6.12. The van der Waals surface area contributed by atoms with E-state index in [-0.39, 0.29) is 6.10 Å². The highest BCUT2D eigenvalue weighted by molar-refractivity contribution is 5.40. The van der Waals surface area contributed by atoms with Crippen LogP contribution in [0.2, 0.25) is 0 Å². The average molecular weight is 263 g/mol. The largest absolute Gasteiger partial charge is 0.486 e. The predicted molar refractivity (Wildman–Crippen MR) is 72.7 cm³/mol. The van der Waals surface area contributed by atoms with Crippen molar-refractivity contribution in [2.45, 2.75) is 25.5 Å². The fourth-order valence-electron chi connectivity index (χ4n) is 2.89. The maximum atomic E-state index is 6.12. The molecule has 0 amide bonds. The molecular weight excluding hydrogens is 242 g/mol. The van der Waals surface area contributed by atoms with Crippen LogP contribution >= 0.6 is 0 Å². The van der Waals surface area contributed by atoms with Gasteiger partial charge >= 0.3 is 0 Å². The Hall–Kier alpha value is -1.26. The molecule has 19 heavy (non-hydrogen) atoms. The summed E-state index contributed by atoms with van der Waals surface area (Å²) in [6.45, 7) is 5.34. The minimum Gasteiger partial charge on any atom is -0.486 e. The summed E-state index contributed by atoms with van der Waals surface area (Å²) < 4.78 is 17.4. The van der Waals surface area contributed by atoms with Crippen LogP contribution in [0.5, 0.6) is 11.5 Å². The van der Waals surface area contributed by atoms with Crippen molar-refractivity contribution in [2.24, 2.45) is 5.92 Å². The van der Waals surface area contributed by atoms with Gasteiger partial charge in [-0.2, -0.15) is 0 Å². The van der Waals surface area contributed by atoms with E-state index >= 15 is 0 Å². The fraction of sp³-hybridized carbons (Fsp3) is 0.600. The van der Waals surface area contributed by atoms with Gasteiger partial charge in [-0.3, -0.25) is 0 Å². The predicted octanol–water partition coefficient (Wildman–Crippen LogP) is 1.84. The third kappa shape index (κ3) is 2.69. The molecule has 3 rings (SSSR count). The van der Waals surface area contributed by atoms with Gasteiger partial charge in [0.25, 0.3) is 0 Å². The normalized spacial score (nSPS) is 27.2. The summed E-state index contributed by atoms with van der Waals surface area (Å²) in [5.74, 6) is 2.20. The van der Waals surface area contributed by atoms with Gasteiger partial charge in [-0.1, -0.05) is 19.1 Å². The molecule has 1 aromatic carbocycles. The van der Waals surface area contributed by atoms with E-state index in [1.165, 1.54) is 0 Å². The van der Waals surface area contributed by atoms with Crippen molar-refractivity contribution >= 4 is 0 Å². The second kappa shape index (κ2) is 5.80. The SMILES string of the molecule is CCNC(C1CCOC1)C1COc2ccccc2O1. The number of ether oxygens (including phenoxy) is 3. The molecule has 0 aliphatic carbocycles. The first-order chi connectivity index (χ1) is 9.38. The van der Waals surface area contributed by atoms with Crippen LogP contribution in [0.25, 0.3) is 0 Å². The first-order valence-electron chi connectivity index (χ1n) is 7.08. The molecule has 0 spiro atoms. The fourth-order valence-corrected chi connectivity index (χ4v) is 2.89. The molecule has 1 N–H and O–H groups in total. The monoisotopic (exact) mass is 263 g/mol. The van der Waals surface area contributed by atoms with E-state index in [9.17, 15) is 0 Å². The van der Waals surface area contributed by atoms with Crippen LogP contribution < -0.4 is 14.8 Å². The maximum Gasteiger partial charge on any atom is 0.161 e. The van der Waals surface area contributed by atoms with Crippen molar-refractivity contribution in [3.63, 3.8) is 0 Å². The van der Waals surface area contributed by atoms with Crippen LogP contribution in [0, 0.1) is 5.92 Å². The van der Waals surface area contributed by atoms with E-state index in [0.717, 1.165) is 37.7 Å². The van der Waals surface area contributed by atoms with Crippen LogP contribution in [-0.2, 0) is 4.74 Å². The molecular formula is C15H21NO3. The molecule has 2 aliphatic rings. The van der Waals surface area contributed by atoms with Gasteiger partial charge in [0.1, 0.15) is 12.7 Å². The van der Waals surface area contributed by atoms with Gasteiger partial charge < -0.3 is 19.5 Å². The van der Waals surface area contributed by atoms with Crippen LogP contribution in [0.3, 0.4) is 0 Å². The van der Waals surface area contributed by atoms with E-state index in [0.29, 0.717) is 18.6 Å². The van der Waals surface area contributed by atoms with Crippen LogP contribution in [0.4, 0.5) is 0 Å².